The molecule has 0 fully saturated rings. The van der Waals surface area contributed by atoms with E-state index in [1.165, 1.54) is 35.2 Å². The molecule has 7 heteroatoms. The van der Waals surface area contributed by atoms with Gasteiger partial charge < -0.3 is 0 Å². The summed E-state index contributed by atoms with van der Waals surface area (Å²) in [4.78, 5) is 31.3. The summed E-state index contributed by atoms with van der Waals surface area (Å²) in [5.41, 5.74) is 0.929. The number of Topliss-reactive ketones (excluding diaryl/α,β-unsaturated/α-hetero) is 1. The summed E-state index contributed by atoms with van der Waals surface area (Å²) in [6.45, 7) is 6.22. The average Bonchev–Trinajstić information content (AvgIpc) is 2.87. The first-order valence-corrected chi connectivity index (χ1v) is 9.65. The standard InChI is InChI=1S/C18H17FN2O2S2/c1-4-21-17(23)15-10(2)11(3)25-16(15)20-18(21)24-9-14(22)12-7-5-6-8-13(12)19/h5-8H,4,9H2,1-3H3. The van der Waals surface area contributed by atoms with Crippen molar-refractivity contribution in [3.05, 3.63) is 56.4 Å². The number of ketones is 1. The predicted molar refractivity (Wildman–Crippen MR) is 100 cm³/mol. The molecule has 0 atom stereocenters. The predicted octanol–water partition coefficient (Wildman–Crippen LogP) is 4.21. The zero-order valence-electron chi connectivity index (χ0n) is 14.1. The summed E-state index contributed by atoms with van der Waals surface area (Å²) in [7, 11) is 0. The highest BCUT2D eigenvalue weighted by Gasteiger charge is 2.18. The normalized spacial score (nSPS) is 11.2. The molecule has 3 aromatic rings. The lowest BCUT2D eigenvalue weighted by atomic mass is 10.1. The zero-order valence-corrected chi connectivity index (χ0v) is 15.8. The molecule has 0 aliphatic heterocycles. The number of rotatable bonds is 5. The highest BCUT2D eigenvalue weighted by molar-refractivity contribution is 7.99. The van der Waals surface area contributed by atoms with E-state index in [1.807, 2.05) is 20.8 Å². The second-order valence-electron chi connectivity index (χ2n) is 5.60. The SMILES string of the molecule is CCn1c(SCC(=O)c2ccccc2F)nc2sc(C)c(C)c2c1=O. The molecule has 3 rings (SSSR count). The van der Waals surface area contributed by atoms with Crippen molar-refractivity contribution in [2.75, 3.05) is 5.75 Å². The average molecular weight is 376 g/mol. The fourth-order valence-electron chi connectivity index (χ4n) is 2.59. The molecule has 0 amide bonds. The summed E-state index contributed by atoms with van der Waals surface area (Å²) < 4.78 is 15.3. The number of thioether (sulfide) groups is 1. The lowest BCUT2D eigenvalue weighted by Crippen LogP contribution is -2.22. The molecule has 0 N–H and O–H groups in total. The fraction of sp³-hybridized carbons (Fsp3) is 0.278. The number of hydrogen-bond donors (Lipinski definition) is 0. The van der Waals surface area contributed by atoms with Gasteiger partial charge in [0, 0.05) is 11.4 Å². The van der Waals surface area contributed by atoms with Gasteiger partial charge in [-0.1, -0.05) is 23.9 Å². The minimum Gasteiger partial charge on any atom is -0.293 e. The van der Waals surface area contributed by atoms with Crippen LogP contribution in [0.2, 0.25) is 0 Å². The van der Waals surface area contributed by atoms with Crippen LogP contribution in [0, 0.1) is 19.7 Å². The fourth-order valence-corrected chi connectivity index (χ4v) is 4.61. The Kier molecular flexibility index (Phi) is 5.06. The van der Waals surface area contributed by atoms with Crippen LogP contribution in [0.3, 0.4) is 0 Å². The lowest BCUT2D eigenvalue weighted by molar-refractivity contribution is 0.101. The van der Waals surface area contributed by atoms with Gasteiger partial charge in [0.1, 0.15) is 10.6 Å². The molecule has 0 bridgehead atoms. The Hall–Kier alpha value is -1.99. The number of hydrogen-bond acceptors (Lipinski definition) is 5. The highest BCUT2D eigenvalue weighted by Crippen LogP contribution is 2.28. The van der Waals surface area contributed by atoms with Crippen molar-refractivity contribution >= 4 is 39.1 Å². The van der Waals surface area contributed by atoms with Gasteiger partial charge in [-0.05, 0) is 38.5 Å². The molecular formula is C18H17FN2O2S2. The Morgan fingerprint density at radius 2 is 2.04 bits per heavy atom. The summed E-state index contributed by atoms with van der Waals surface area (Å²) in [5.74, 6) is -0.824. The molecule has 130 valence electrons. The second kappa shape index (κ2) is 7.09. The molecule has 0 unspecified atom stereocenters. The van der Waals surface area contributed by atoms with Crippen LogP contribution in [0.15, 0.2) is 34.2 Å². The van der Waals surface area contributed by atoms with Crippen molar-refractivity contribution in [2.45, 2.75) is 32.5 Å². The molecule has 2 aromatic heterocycles. The van der Waals surface area contributed by atoms with Gasteiger partial charge in [0.2, 0.25) is 0 Å². The zero-order chi connectivity index (χ0) is 18.1. The first-order chi connectivity index (χ1) is 11.9. The van der Waals surface area contributed by atoms with E-state index < -0.39 is 5.82 Å². The molecule has 0 spiro atoms. The minimum atomic E-state index is -0.533. The Morgan fingerprint density at radius 1 is 1.32 bits per heavy atom. The van der Waals surface area contributed by atoms with Crippen molar-refractivity contribution in [1.29, 1.82) is 0 Å². The van der Waals surface area contributed by atoms with Crippen LogP contribution in [0.5, 0.6) is 0 Å². The van der Waals surface area contributed by atoms with E-state index in [2.05, 4.69) is 4.98 Å². The number of fused-ring (bicyclic) bond motifs is 1. The molecule has 0 aliphatic carbocycles. The van der Waals surface area contributed by atoms with Gasteiger partial charge in [-0.25, -0.2) is 9.37 Å². The minimum absolute atomic E-state index is 0.0300. The van der Waals surface area contributed by atoms with E-state index in [4.69, 9.17) is 0 Å². The number of nitrogens with zero attached hydrogens (tertiary/aromatic N) is 2. The van der Waals surface area contributed by atoms with Crippen LogP contribution in [0.25, 0.3) is 10.2 Å². The number of carbonyl (C=O) groups is 1. The molecule has 4 nitrogen and oxygen atoms in total. The van der Waals surface area contributed by atoms with Gasteiger partial charge in [-0.3, -0.25) is 14.2 Å². The highest BCUT2D eigenvalue weighted by atomic mass is 32.2. The first kappa shape index (κ1) is 17.8. The molecule has 1 aromatic carbocycles. The smallest absolute Gasteiger partial charge is 0.263 e. The third kappa shape index (κ3) is 3.26. The van der Waals surface area contributed by atoms with Gasteiger partial charge in [0.05, 0.1) is 16.7 Å². The Morgan fingerprint density at radius 3 is 2.72 bits per heavy atom. The van der Waals surface area contributed by atoms with E-state index in [9.17, 15) is 14.0 Å². The van der Waals surface area contributed by atoms with Gasteiger partial charge in [0.25, 0.3) is 5.56 Å². The maximum atomic E-state index is 13.7. The third-order valence-corrected chi connectivity index (χ3v) is 6.15. The number of thiophene rings is 1. The van der Waals surface area contributed by atoms with Crippen LogP contribution in [-0.2, 0) is 6.54 Å². The maximum absolute atomic E-state index is 13.7. The van der Waals surface area contributed by atoms with Crippen LogP contribution in [0.4, 0.5) is 4.39 Å². The van der Waals surface area contributed by atoms with E-state index in [0.29, 0.717) is 21.9 Å². The van der Waals surface area contributed by atoms with Crippen molar-refractivity contribution in [3.63, 3.8) is 0 Å². The number of halogens is 1. The van der Waals surface area contributed by atoms with Gasteiger partial charge >= 0.3 is 0 Å². The number of aromatic nitrogens is 2. The van der Waals surface area contributed by atoms with Gasteiger partial charge in [-0.15, -0.1) is 11.3 Å². The lowest BCUT2D eigenvalue weighted by Gasteiger charge is -2.10. The van der Waals surface area contributed by atoms with Crippen LogP contribution < -0.4 is 5.56 Å². The monoisotopic (exact) mass is 376 g/mol. The number of benzene rings is 1. The quantitative estimate of drug-likeness (QED) is 0.380. The van der Waals surface area contributed by atoms with Crippen molar-refractivity contribution in [2.24, 2.45) is 0 Å². The summed E-state index contributed by atoms with van der Waals surface area (Å²) in [6, 6.07) is 5.91. The van der Waals surface area contributed by atoms with Crippen molar-refractivity contribution < 1.29 is 9.18 Å². The van der Waals surface area contributed by atoms with Gasteiger partial charge in [0.15, 0.2) is 10.9 Å². The van der Waals surface area contributed by atoms with E-state index in [1.54, 1.807) is 16.7 Å². The Balaban J connectivity index is 1.95. The van der Waals surface area contributed by atoms with E-state index in [0.717, 1.165) is 10.4 Å². The maximum Gasteiger partial charge on any atom is 0.263 e. The molecule has 0 radical (unpaired) electrons. The molecule has 0 saturated heterocycles. The Bertz CT molecular complexity index is 1020. The largest absolute Gasteiger partial charge is 0.293 e. The van der Waals surface area contributed by atoms with Crippen molar-refractivity contribution in [1.82, 2.24) is 9.55 Å². The first-order valence-electron chi connectivity index (χ1n) is 7.85. The van der Waals surface area contributed by atoms with Crippen molar-refractivity contribution in [3.8, 4) is 0 Å². The molecule has 25 heavy (non-hydrogen) atoms. The number of carbonyl (C=O) groups excluding carboxylic acids is 1. The Labute approximate surface area is 152 Å². The van der Waals surface area contributed by atoms with E-state index >= 15 is 0 Å². The summed E-state index contributed by atoms with van der Waals surface area (Å²) in [5, 5.41) is 1.14. The summed E-state index contributed by atoms with van der Waals surface area (Å²) in [6.07, 6.45) is 0. The third-order valence-electron chi connectivity index (χ3n) is 4.08. The van der Waals surface area contributed by atoms with Crippen LogP contribution >= 0.6 is 23.1 Å². The van der Waals surface area contributed by atoms with E-state index in [-0.39, 0.29) is 22.7 Å². The molecule has 0 aliphatic rings. The van der Waals surface area contributed by atoms with Crippen LogP contribution in [0.1, 0.15) is 27.7 Å². The number of aryl methyl sites for hydroxylation is 2. The second-order valence-corrected chi connectivity index (χ2v) is 7.74. The summed E-state index contributed by atoms with van der Waals surface area (Å²) >= 11 is 2.65. The molecule has 2 heterocycles. The molecular weight excluding hydrogens is 359 g/mol. The van der Waals surface area contributed by atoms with Gasteiger partial charge in [-0.2, -0.15) is 0 Å². The topological polar surface area (TPSA) is 52.0 Å². The molecule has 0 saturated carbocycles. The van der Waals surface area contributed by atoms with Crippen LogP contribution in [-0.4, -0.2) is 21.1 Å².